The van der Waals surface area contributed by atoms with E-state index in [1.54, 1.807) is 0 Å². The van der Waals surface area contributed by atoms with E-state index in [1.807, 2.05) is 0 Å². The Labute approximate surface area is 154 Å². The van der Waals surface area contributed by atoms with Gasteiger partial charge in [0.1, 0.15) is 0 Å². The fourth-order valence-corrected chi connectivity index (χ4v) is 9.47. The molecule has 1 unspecified atom stereocenters. The summed E-state index contributed by atoms with van der Waals surface area (Å²) in [5, 5.41) is 0. The normalized spacial score (nSPS) is 16.3. The van der Waals surface area contributed by atoms with Gasteiger partial charge in [-0.2, -0.15) is 0 Å². The topological polar surface area (TPSA) is 0 Å². The Bertz CT molecular complexity index is 802. The zero-order valence-corrected chi connectivity index (χ0v) is 18.2. The van der Waals surface area contributed by atoms with Crippen LogP contribution in [0.4, 0.5) is 0 Å². The molecule has 0 radical (unpaired) electrons. The molecule has 0 spiro atoms. The molecule has 0 saturated heterocycles. The number of benzene rings is 2. The van der Waals surface area contributed by atoms with E-state index in [2.05, 4.69) is 65.0 Å². The van der Waals surface area contributed by atoms with Crippen molar-refractivity contribution in [3.8, 4) is 11.1 Å². The van der Waals surface area contributed by atoms with Crippen LogP contribution in [0.3, 0.4) is 0 Å². The van der Waals surface area contributed by atoms with Gasteiger partial charge in [0.2, 0.25) is 0 Å². The van der Waals surface area contributed by atoms with Crippen molar-refractivity contribution in [1.29, 1.82) is 0 Å². The van der Waals surface area contributed by atoms with Crippen LogP contribution in [0.15, 0.2) is 29.8 Å². The van der Waals surface area contributed by atoms with Crippen molar-refractivity contribution in [2.24, 2.45) is 0 Å². The third kappa shape index (κ3) is 2.90. The Morgan fingerprint density at radius 3 is 2.00 bits per heavy atom. The van der Waals surface area contributed by atoms with Crippen molar-refractivity contribution in [1.82, 2.24) is 0 Å². The van der Waals surface area contributed by atoms with E-state index >= 15 is 0 Å². The molecule has 1 aliphatic carbocycles. The van der Waals surface area contributed by atoms with Crippen LogP contribution in [0, 0.1) is 27.7 Å². The molecule has 0 saturated carbocycles. The molecular weight excluding hydrogens is 402 g/mol. The molecule has 0 heterocycles. The maximum atomic E-state index is 6.51. The molecule has 2 aromatic carbocycles. The van der Waals surface area contributed by atoms with Gasteiger partial charge in [-0.3, -0.25) is 0 Å². The fraction of sp³-hybridized carbons (Fsp3) is 0.300. The predicted molar refractivity (Wildman–Crippen MR) is 98.9 cm³/mol. The van der Waals surface area contributed by atoms with Gasteiger partial charge in [0.15, 0.2) is 0 Å². The summed E-state index contributed by atoms with van der Waals surface area (Å²) >= 11 is -2.42. The molecule has 119 valence electrons. The van der Waals surface area contributed by atoms with Crippen molar-refractivity contribution < 1.29 is 19.4 Å². The van der Waals surface area contributed by atoms with Gasteiger partial charge in [-0.25, -0.2) is 0 Å². The van der Waals surface area contributed by atoms with Gasteiger partial charge < -0.3 is 0 Å². The van der Waals surface area contributed by atoms with Gasteiger partial charge in [0, 0.05) is 0 Å². The Morgan fingerprint density at radius 1 is 0.826 bits per heavy atom. The molecule has 0 bridgehead atoms. The zero-order chi connectivity index (χ0) is 16.9. The summed E-state index contributed by atoms with van der Waals surface area (Å²) in [5.41, 5.74) is 12.1. The van der Waals surface area contributed by atoms with Crippen LogP contribution in [-0.2, 0) is 19.4 Å². The summed E-state index contributed by atoms with van der Waals surface area (Å²) in [6.07, 6.45) is 2.32. The Balaban J connectivity index is 2.35. The number of allylic oxidation sites excluding steroid dienone is 1. The number of hydrogen-bond acceptors (Lipinski definition) is 0. The first-order valence-electron chi connectivity index (χ1n) is 7.89. The molecule has 0 fully saturated rings. The Hall–Kier alpha value is -0.357. The molecule has 0 amide bonds. The van der Waals surface area contributed by atoms with Gasteiger partial charge in [-0.05, 0) is 0 Å². The van der Waals surface area contributed by atoms with Gasteiger partial charge in [-0.15, -0.1) is 0 Å². The monoisotopic (exact) mass is 421 g/mol. The van der Waals surface area contributed by atoms with Crippen LogP contribution in [0.2, 0.25) is 0 Å². The van der Waals surface area contributed by atoms with Crippen LogP contribution in [0.25, 0.3) is 17.2 Å². The van der Waals surface area contributed by atoms with Crippen LogP contribution in [0.5, 0.6) is 0 Å². The second-order valence-electron chi connectivity index (χ2n) is 6.55. The third-order valence-electron chi connectivity index (χ3n) is 5.14. The van der Waals surface area contributed by atoms with Gasteiger partial charge in [0.05, 0.1) is 0 Å². The van der Waals surface area contributed by atoms with E-state index in [-0.39, 0.29) is 0 Å². The first-order chi connectivity index (χ1) is 10.8. The molecule has 3 heteroatoms. The molecule has 0 nitrogen and oxygen atoms in total. The number of rotatable bonds is 2. The average molecular weight is 424 g/mol. The molecule has 0 aliphatic heterocycles. The minimum absolute atomic E-state index is 0.291. The third-order valence-corrected chi connectivity index (χ3v) is 10.6. The standard InChI is InChI=1S/C20H21.2ClH.Zr/c1-12-6-8-17(9-7-12)20-16(5)14(3)15(4)18-10-13(2)11-19(18)20;;;/h6-11H,1-5H3;2*1H;/q;;;+2/p-2. The van der Waals surface area contributed by atoms with E-state index in [9.17, 15) is 0 Å². The summed E-state index contributed by atoms with van der Waals surface area (Å²) in [5.74, 6) is 0. The second-order valence-corrected chi connectivity index (χ2v) is 15.4. The molecule has 23 heavy (non-hydrogen) atoms. The maximum absolute atomic E-state index is 6.51. The molecule has 1 aliphatic rings. The number of aryl methyl sites for hydroxylation is 1. The number of hydrogen-bond donors (Lipinski definition) is 0. The molecule has 0 aromatic heterocycles. The Kier molecular flexibility index (Phi) is 4.94. The van der Waals surface area contributed by atoms with Crippen LogP contribution >= 0.6 is 17.0 Å². The van der Waals surface area contributed by atoms with E-state index in [1.165, 1.54) is 50.1 Å². The molecule has 2 aromatic rings. The summed E-state index contributed by atoms with van der Waals surface area (Å²) in [7, 11) is 13.0. The van der Waals surface area contributed by atoms with E-state index in [4.69, 9.17) is 17.0 Å². The predicted octanol–water partition coefficient (Wildman–Crippen LogP) is 6.97. The first-order valence-corrected chi connectivity index (χ1v) is 15.6. The molecule has 3 rings (SSSR count). The zero-order valence-electron chi connectivity index (χ0n) is 14.2. The average Bonchev–Trinajstić information content (AvgIpc) is 2.84. The van der Waals surface area contributed by atoms with Gasteiger partial charge in [-0.1, -0.05) is 0 Å². The van der Waals surface area contributed by atoms with Gasteiger partial charge in [0.25, 0.3) is 0 Å². The summed E-state index contributed by atoms with van der Waals surface area (Å²) < 4.78 is 0.291. The van der Waals surface area contributed by atoms with E-state index in [0.717, 1.165) is 0 Å². The van der Waals surface area contributed by atoms with Crippen LogP contribution in [-0.4, -0.2) is 0 Å². The van der Waals surface area contributed by atoms with Crippen LogP contribution in [0.1, 0.15) is 43.9 Å². The molecule has 0 N–H and O–H groups in total. The number of halogens is 2. The van der Waals surface area contributed by atoms with E-state index in [0.29, 0.717) is 3.63 Å². The van der Waals surface area contributed by atoms with Crippen molar-refractivity contribution >= 4 is 23.1 Å². The van der Waals surface area contributed by atoms with Crippen molar-refractivity contribution in [3.63, 3.8) is 0 Å². The van der Waals surface area contributed by atoms with Crippen molar-refractivity contribution in [3.05, 3.63) is 63.2 Å². The summed E-state index contributed by atoms with van der Waals surface area (Å²) in [6.45, 7) is 11.0. The minimum atomic E-state index is -2.42. The van der Waals surface area contributed by atoms with E-state index < -0.39 is 19.4 Å². The molecule has 1 atom stereocenters. The Morgan fingerprint density at radius 2 is 1.43 bits per heavy atom. The SMILES string of the molecule is CC1=Cc2c(-c3ccc(C)cc3)c(C)c(C)c(C)c2[CH]1[Zr]([Cl])[Cl]. The summed E-state index contributed by atoms with van der Waals surface area (Å²) in [4.78, 5) is 0. The first kappa shape index (κ1) is 17.5. The quantitative estimate of drug-likeness (QED) is 0.489. The molecular formula is C20H21Cl2Zr. The fourth-order valence-electron chi connectivity index (χ4n) is 3.64. The number of fused-ring (bicyclic) bond motifs is 1. The van der Waals surface area contributed by atoms with Crippen molar-refractivity contribution in [2.75, 3.05) is 0 Å². The second kappa shape index (κ2) is 6.51. The van der Waals surface area contributed by atoms with Crippen LogP contribution < -0.4 is 0 Å². The summed E-state index contributed by atoms with van der Waals surface area (Å²) in [6, 6.07) is 8.82. The van der Waals surface area contributed by atoms with Crippen molar-refractivity contribution in [2.45, 2.75) is 38.2 Å². The van der Waals surface area contributed by atoms with Gasteiger partial charge >= 0.3 is 155 Å².